The van der Waals surface area contributed by atoms with Crippen molar-refractivity contribution in [3.63, 3.8) is 0 Å². The lowest BCUT2D eigenvalue weighted by Gasteiger charge is -2.09. The number of carbonyl (C=O) groups is 2. The number of imide groups is 1. The molecule has 24 heavy (non-hydrogen) atoms. The minimum absolute atomic E-state index is 0.0193. The lowest BCUT2D eigenvalue weighted by atomic mass is 10.2. The van der Waals surface area contributed by atoms with Crippen LogP contribution >= 0.6 is 11.3 Å². The number of nitro groups is 1. The summed E-state index contributed by atoms with van der Waals surface area (Å²) >= 11 is 1.48. The molecule has 0 bridgehead atoms. The van der Waals surface area contributed by atoms with Gasteiger partial charge in [0.25, 0.3) is 5.91 Å². The number of carbonyl (C=O) groups excluding carboxylic acids is 2. The van der Waals surface area contributed by atoms with Crippen LogP contribution in [-0.4, -0.2) is 23.5 Å². The fraction of sp³-hybridized carbons (Fsp3) is 0.200. The molecule has 2 N–H and O–H groups in total. The van der Waals surface area contributed by atoms with Crippen molar-refractivity contribution in [3.8, 4) is 5.75 Å². The lowest BCUT2D eigenvalue weighted by Crippen LogP contribution is -2.41. The van der Waals surface area contributed by atoms with Gasteiger partial charge in [-0.25, -0.2) is 4.79 Å². The molecular weight excluding hydrogens is 334 g/mol. The average molecular weight is 349 g/mol. The average Bonchev–Trinajstić information content (AvgIpc) is 3.04. The van der Waals surface area contributed by atoms with Crippen molar-refractivity contribution in [1.29, 1.82) is 0 Å². The Hall–Kier alpha value is -2.94. The first kappa shape index (κ1) is 17.4. The van der Waals surface area contributed by atoms with Crippen molar-refractivity contribution in [2.24, 2.45) is 0 Å². The van der Waals surface area contributed by atoms with E-state index in [-0.39, 0.29) is 11.4 Å². The highest BCUT2D eigenvalue weighted by molar-refractivity contribution is 7.09. The van der Waals surface area contributed by atoms with Crippen LogP contribution in [-0.2, 0) is 11.3 Å². The maximum atomic E-state index is 11.7. The van der Waals surface area contributed by atoms with Crippen LogP contribution in [0.2, 0.25) is 0 Å². The number of nitro benzene ring substituents is 1. The molecule has 0 aliphatic carbocycles. The SMILES string of the molecule is Cc1cccc(OCC(=O)NC(=O)NCc2cccs2)c1[N+](=O)[O-]. The minimum Gasteiger partial charge on any atom is -0.477 e. The van der Waals surface area contributed by atoms with Crippen molar-refractivity contribution in [3.05, 3.63) is 56.3 Å². The molecule has 0 aliphatic rings. The molecule has 3 amide bonds. The predicted molar refractivity (Wildman–Crippen MR) is 88.0 cm³/mol. The Morgan fingerprint density at radius 1 is 1.29 bits per heavy atom. The number of aryl methyl sites for hydroxylation is 1. The Balaban J connectivity index is 1.84. The lowest BCUT2D eigenvalue weighted by molar-refractivity contribution is -0.386. The van der Waals surface area contributed by atoms with E-state index in [0.717, 1.165) is 4.88 Å². The molecule has 0 atom stereocenters. The highest BCUT2D eigenvalue weighted by Crippen LogP contribution is 2.29. The van der Waals surface area contributed by atoms with Crippen LogP contribution < -0.4 is 15.4 Å². The van der Waals surface area contributed by atoms with Crippen LogP contribution in [0, 0.1) is 17.0 Å². The van der Waals surface area contributed by atoms with E-state index in [4.69, 9.17) is 4.74 Å². The van der Waals surface area contributed by atoms with Crippen molar-refractivity contribution in [1.82, 2.24) is 10.6 Å². The molecular formula is C15H15N3O5S. The van der Waals surface area contributed by atoms with Crippen LogP contribution in [0.5, 0.6) is 5.75 Å². The highest BCUT2D eigenvalue weighted by atomic mass is 32.1. The Morgan fingerprint density at radius 3 is 2.75 bits per heavy atom. The number of nitrogens with zero attached hydrogens (tertiary/aromatic N) is 1. The van der Waals surface area contributed by atoms with Gasteiger partial charge in [0.2, 0.25) is 0 Å². The fourth-order valence-electron chi connectivity index (χ4n) is 1.91. The standard InChI is InChI=1S/C15H15N3O5S/c1-10-4-2-6-12(14(10)18(21)22)23-9-13(19)17-15(20)16-8-11-5-3-7-24-11/h2-7H,8-9H2,1H3,(H2,16,17,19,20). The second-order valence-electron chi connectivity index (χ2n) is 4.78. The van der Waals surface area contributed by atoms with E-state index in [2.05, 4.69) is 10.6 Å². The van der Waals surface area contributed by atoms with Gasteiger partial charge in [-0.2, -0.15) is 0 Å². The molecule has 0 aliphatic heterocycles. The number of hydrogen-bond donors (Lipinski definition) is 2. The van der Waals surface area contributed by atoms with Gasteiger partial charge >= 0.3 is 11.7 Å². The normalized spacial score (nSPS) is 10.0. The number of ether oxygens (including phenoxy) is 1. The molecule has 2 rings (SSSR count). The number of benzene rings is 1. The smallest absolute Gasteiger partial charge is 0.321 e. The second-order valence-corrected chi connectivity index (χ2v) is 5.81. The molecule has 1 heterocycles. The Kier molecular flexibility index (Phi) is 5.85. The maximum absolute atomic E-state index is 11.7. The Labute approximate surface area is 141 Å². The molecule has 2 aromatic rings. The number of amides is 3. The first-order valence-electron chi connectivity index (χ1n) is 6.94. The van der Waals surface area contributed by atoms with Crippen LogP contribution in [0.1, 0.15) is 10.4 Å². The predicted octanol–water partition coefficient (Wildman–Crippen LogP) is 2.37. The van der Waals surface area contributed by atoms with Gasteiger partial charge in [0.05, 0.1) is 11.5 Å². The summed E-state index contributed by atoms with van der Waals surface area (Å²) in [5.74, 6) is -0.719. The third kappa shape index (κ3) is 4.78. The maximum Gasteiger partial charge on any atom is 0.321 e. The van der Waals surface area contributed by atoms with E-state index < -0.39 is 23.5 Å². The van der Waals surface area contributed by atoms with Crippen LogP contribution in [0.15, 0.2) is 35.7 Å². The summed E-state index contributed by atoms with van der Waals surface area (Å²) in [6.07, 6.45) is 0. The molecule has 0 unspecified atom stereocenters. The molecule has 1 aromatic carbocycles. The molecule has 0 saturated carbocycles. The van der Waals surface area contributed by atoms with E-state index in [1.54, 1.807) is 19.1 Å². The van der Waals surface area contributed by atoms with E-state index >= 15 is 0 Å². The number of thiophene rings is 1. The summed E-state index contributed by atoms with van der Waals surface area (Å²) in [5, 5.41) is 17.5. The van der Waals surface area contributed by atoms with Gasteiger partial charge in [-0.05, 0) is 24.4 Å². The van der Waals surface area contributed by atoms with Crippen LogP contribution in [0.25, 0.3) is 0 Å². The molecule has 0 fully saturated rings. The third-order valence-corrected chi connectivity index (χ3v) is 3.87. The monoisotopic (exact) mass is 349 g/mol. The second kappa shape index (κ2) is 8.06. The summed E-state index contributed by atoms with van der Waals surface area (Å²) in [6, 6.07) is 7.61. The van der Waals surface area contributed by atoms with Gasteiger partial charge in [0.15, 0.2) is 12.4 Å². The number of urea groups is 1. The molecule has 0 spiro atoms. The van der Waals surface area contributed by atoms with Crippen molar-refractivity contribution >= 4 is 29.0 Å². The number of rotatable bonds is 6. The van der Waals surface area contributed by atoms with Crippen molar-refractivity contribution < 1.29 is 19.2 Å². The van der Waals surface area contributed by atoms with Gasteiger partial charge in [-0.1, -0.05) is 18.2 Å². The van der Waals surface area contributed by atoms with Crippen molar-refractivity contribution in [2.75, 3.05) is 6.61 Å². The highest BCUT2D eigenvalue weighted by Gasteiger charge is 2.19. The van der Waals surface area contributed by atoms with Crippen LogP contribution in [0.4, 0.5) is 10.5 Å². The molecule has 126 valence electrons. The van der Waals surface area contributed by atoms with Gasteiger partial charge in [0.1, 0.15) is 0 Å². The van der Waals surface area contributed by atoms with Gasteiger partial charge in [-0.15, -0.1) is 11.3 Å². The van der Waals surface area contributed by atoms with E-state index in [1.165, 1.54) is 17.4 Å². The summed E-state index contributed by atoms with van der Waals surface area (Å²) < 4.78 is 5.16. The summed E-state index contributed by atoms with van der Waals surface area (Å²) in [5.41, 5.74) is 0.221. The minimum atomic E-state index is -0.700. The first-order valence-corrected chi connectivity index (χ1v) is 7.82. The quantitative estimate of drug-likeness (QED) is 0.614. The summed E-state index contributed by atoms with van der Waals surface area (Å²) in [6.45, 7) is 1.38. The van der Waals surface area contributed by atoms with Gasteiger partial charge in [-0.3, -0.25) is 20.2 Å². The molecule has 0 saturated heterocycles. The molecule has 9 heteroatoms. The summed E-state index contributed by atoms with van der Waals surface area (Å²) in [4.78, 5) is 34.7. The van der Waals surface area contributed by atoms with E-state index in [1.807, 2.05) is 17.5 Å². The Bertz CT molecular complexity index is 746. The Morgan fingerprint density at radius 2 is 2.08 bits per heavy atom. The van der Waals surface area contributed by atoms with E-state index in [0.29, 0.717) is 12.1 Å². The molecule has 1 aromatic heterocycles. The zero-order valence-corrected chi connectivity index (χ0v) is 13.6. The topological polar surface area (TPSA) is 111 Å². The molecule has 0 radical (unpaired) electrons. The fourth-order valence-corrected chi connectivity index (χ4v) is 2.56. The summed E-state index contributed by atoms with van der Waals surface area (Å²) in [7, 11) is 0. The zero-order chi connectivity index (χ0) is 17.5. The van der Waals surface area contributed by atoms with Crippen molar-refractivity contribution in [2.45, 2.75) is 13.5 Å². The van der Waals surface area contributed by atoms with Gasteiger partial charge < -0.3 is 10.1 Å². The number of nitrogens with one attached hydrogen (secondary N) is 2. The zero-order valence-electron chi connectivity index (χ0n) is 12.8. The van der Waals surface area contributed by atoms with Crippen LogP contribution in [0.3, 0.4) is 0 Å². The number of hydrogen-bond acceptors (Lipinski definition) is 6. The van der Waals surface area contributed by atoms with E-state index in [9.17, 15) is 19.7 Å². The third-order valence-electron chi connectivity index (χ3n) is 3.00. The van der Waals surface area contributed by atoms with Gasteiger partial charge in [0, 0.05) is 10.4 Å². The first-order chi connectivity index (χ1) is 11.5. The largest absolute Gasteiger partial charge is 0.477 e. The molecule has 8 nitrogen and oxygen atoms in total. The number of para-hydroxylation sites is 1.